The minimum Gasteiger partial charge on any atom is -0.497 e. The number of para-hydroxylation sites is 1. The Kier molecular flexibility index (Phi) is 7.37. The summed E-state index contributed by atoms with van der Waals surface area (Å²) in [6.45, 7) is 5.37. The first kappa shape index (κ1) is 19.8. The van der Waals surface area contributed by atoms with Crippen molar-refractivity contribution in [3.63, 3.8) is 0 Å². The highest BCUT2D eigenvalue weighted by atomic mass is 32.2. The van der Waals surface area contributed by atoms with Crippen LogP contribution >= 0.6 is 11.8 Å². The molecule has 0 bridgehead atoms. The molecule has 0 aliphatic heterocycles. The van der Waals surface area contributed by atoms with Gasteiger partial charge in [-0.3, -0.25) is 4.57 Å². The highest BCUT2D eigenvalue weighted by Gasteiger charge is 2.12. The fourth-order valence-electron chi connectivity index (χ4n) is 2.47. The van der Waals surface area contributed by atoms with Crippen LogP contribution in [0.25, 0.3) is 0 Å². The van der Waals surface area contributed by atoms with Crippen LogP contribution in [0.15, 0.2) is 72.4 Å². The van der Waals surface area contributed by atoms with Crippen LogP contribution in [0, 0.1) is 0 Å². The zero-order valence-corrected chi connectivity index (χ0v) is 16.6. The molecule has 0 atom stereocenters. The van der Waals surface area contributed by atoms with Gasteiger partial charge < -0.3 is 14.2 Å². The number of thioether (sulfide) groups is 1. The number of nitrogens with zero attached hydrogens (tertiary/aromatic N) is 3. The van der Waals surface area contributed by atoms with Gasteiger partial charge in [0.2, 0.25) is 0 Å². The van der Waals surface area contributed by atoms with E-state index in [9.17, 15) is 0 Å². The number of allylic oxidation sites excluding steroid dienone is 1. The highest BCUT2D eigenvalue weighted by molar-refractivity contribution is 7.99. The molecule has 7 heteroatoms. The Labute approximate surface area is 169 Å². The van der Waals surface area contributed by atoms with Crippen molar-refractivity contribution in [3.05, 3.63) is 73.1 Å². The van der Waals surface area contributed by atoms with E-state index in [1.807, 2.05) is 65.2 Å². The minimum absolute atomic E-state index is 0.355. The molecule has 0 fully saturated rings. The van der Waals surface area contributed by atoms with Crippen molar-refractivity contribution in [2.75, 3.05) is 19.5 Å². The third kappa shape index (κ3) is 5.53. The highest BCUT2D eigenvalue weighted by Crippen LogP contribution is 2.20. The molecule has 0 spiro atoms. The van der Waals surface area contributed by atoms with E-state index in [0.717, 1.165) is 34.0 Å². The lowest BCUT2D eigenvalue weighted by molar-refractivity contribution is 0.289. The molecule has 0 saturated heterocycles. The van der Waals surface area contributed by atoms with Crippen molar-refractivity contribution in [3.8, 4) is 17.2 Å². The maximum Gasteiger partial charge on any atom is 0.191 e. The van der Waals surface area contributed by atoms with E-state index >= 15 is 0 Å². The average Bonchev–Trinajstić information content (AvgIpc) is 3.13. The molecular weight excluding hydrogens is 374 g/mol. The SMILES string of the molecule is C=CCn1c(COc2ccccc2)nnc1SCCOc1ccc(OC)cc1. The van der Waals surface area contributed by atoms with Gasteiger partial charge in [0.15, 0.2) is 11.0 Å². The minimum atomic E-state index is 0.355. The Morgan fingerprint density at radius 2 is 1.68 bits per heavy atom. The van der Waals surface area contributed by atoms with Crippen molar-refractivity contribution in [2.24, 2.45) is 0 Å². The van der Waals surface area contributed by atoms with Crippen molar-refractivity contribution in [1.82, 2.24) is 14.8 Å². The van der Waals surface area contributed by atoms with E-state index in [-0.39, 0.29) is 0 Å². The lowest BCUT2D eigenvalue weighted by Crippen LogP contribution is -2.08. The Balaban J connectivity index is 1.52. The lowest BCUT2D eigenvalue weighted by Gasteiger charge is -2.10. The Bertz CT molecular complexity index is 866. The van der Waals surface area contributed by atoms with Crippen LogP contribution in [-0.4, -0.2) is 34.2 Å². The molecule has 1 heterocycles. The maximum absolute atomic E-state index is 5.79. The standard InChI is InChI=1S/C21H23N3O3S/c1-3-13-24-20(16-27-18-7-5-4-6-8-18)22-23-21(24)28-15-14-26-19-11-9-17(25-2)10-12-19/h3-12H,1,13-16H2,2H3. The maximum atomic E-state index is 5.79. The van der Waals surface area contributed by atoms with Crippen molar-refractivity contribution in [2.45, 2.75) is 18.3 Å². The molecule has 146 valence electrons. The predicted molar refractivity (Wildman–Crippen MR) is 110 cm³/mol. The van der Waals surface area contributed by atoms with Crippen molar-refractivity contribution < 1.29 is 14.2 Å². The average molecular weight is 398 g/mol. The van der Waals surface area contributed by atoms with Gasteiger partial charge in [-0.1, -0.05) is 36.0 Å². The zero-order chi connectivity index (χ0) is 19.6. The van der Waals surface area contributed by atoms with Crippen LogP contribution in [0.4, 0.5) is 0 Å². The molecule has 0 N–H and O–H groups in total. The first-order chi connectivity index (χ1) is 13.8. The summed E-state index contributed by atoms with van der Waals surface area (Å²) in [5.41, 5.74) is 0. The smallest absolute Gasteiger partial charge is 0.191 e. The largest absolute Gasteiger partial charge is 0.497 e. The number of aromatic nitrogens is 3. The van der Waals surface area contributed by atoms with Crippen LogP contribution in [-0.2, 0) is 13.2 Å². The molecule has 3 rings (SSSR count). The third-order valence-electron chi connectivity index (χ3n) is 3.86. The van der Waals surface area contributed by atoms with Crippen molar-refractivity contribution >= 4 is 11.8 Å². The van der Waals surface area contributed by atoms with E-state index in [0.29, 0.717) is 19.8 Å². The number of hydrogen-bond acceptors (Lipinski definition) is 6. The number of benzene rings is 2. The van der Waals surface area contributed by atoms with E-state index in [2.05, 4.69) is 16.8 Å². The van der Waals surface area contributed by atoms with Gasteiger partial charge in [-0.05, 0) is 36.4 Å². The number of ether oxygens (including phenoxy) is 3. The molecule has 0 aliphatic carbocycles. The van der Waals surface area contributed by atoms with Gasteiger partial charge in [0, 0.05) is 12.3 Å². The topological polar surface area (TPSA) is 58.4 Å². The van der Waals surface area contributed by atoms with Crippen LogP contribution in [0.2, 0.25) is 0 Å². The quantitative estimate of drug-likeness (QED) is 0.274. The second-order valence-electron chi connectivity index (χ2n) is 5.77. The summed E-state index contributed by atoms with van der Waals surface area (Å²) in [5, 5.41) is 9.38. The molecule has 3 aromatic rings. The molecule has 0 unspecified atom stereocenters. The lowest BCUT2D eigenvalue weighted by atomic mass is 10.3. The summed E-state index contributed by atoms with van der Waals surface area (Å²) in [7, 11) is 1.64. The van der Waals surface area contributed by atoms with E-state index < -0.39 is 0 Å². The van der Waals surface area contributed by atoms with Crippen LogP contribution in [0.1, 0.15) is 5.82 Å². The Morgan fingerprint density at radius 3 is 2.39 bits per heavy atom. The van der Waals surface area contributed by atoms with Gasteiger partial charge in [0.05, 0.1) is 13.7 Å². The molecule has 0 radical (unpaired) electrons. The normalized spacial score (nSPS) is 10.5. The second kappa shape index (κ2) is 10.4. The first-order valence-electron chi connectivity index (χ1n) is 8.90. The molecule has 6 nitrogen and oxygen atoms in total. The summed E-state index contributed by atoms with van der Waals surface area (Å²) in [4.78, 5) is 0. The summed E-state index contributed by atoms with van der Waals surface area (Å²) >= 11 is 1.59. The third-order valence-corrected chi connectivity index (χ3v) is 4.79. The second-order valence-corrected chi connectivity index (χ2v) is 6.83. The fourth-order valence-corrected chi connectivity index (χ4v) is 3.26. The van der Waals surface area contributed by atoms with Crippen LogP contribution in [0.3, 0.4) is 0 Å². The molecule has 0 saturated carbocycles. The monoisotopic (exact) mass is 397 g/mol. The Morgan fingerprint density at radius 1 is 0.964 bits per heavy atom. The molecule has 0 aliphatic rings. The van der Waals surface area contributed by atoms with Gasteiger partial charge in [0.1, 0.15) is 23.9 Å². The Hall–Kier alpha value is -2.93. The molecular formula is C21H23N3O3S. The summed E-state index contributed by atoms with van der Waals surface area (Å²) in [6.07, 6.45) is 1.83. The van der Waals surface area contributed by atoms with Gasteiger partial charge in [0.25, 0.3) is 0 Å². The van der Waals surface area contributed by atoms with Crippen LogP contribution < -0.4 is 14.2 Å². The summed E-state index contributed by atoms with van der Waals surface area (Å²) in [6, 6.07) is 17.2. The predicted octanol–water partition coefficient (Wildman–Crippen LogP) is 4.22. The summed E-state index contributed by atoms with van der Waals surface area (Å²) < 4.78 is 18.7. The van der Waals surface area contributed by atoms with E-state index in [1.54, 1.807) is 18.9 Å². The molecule has 1 aromatic heterocycles. The van der Waals surface area contributed by atoms with E-state index in [1.165, 1.54) is 0 Å². The van der Waals surface area contributed by atoms with Crippen molar-refractivity contribution in [1.29, 1.82) is 0 Å². The fraction of sp³-hybridized carbons (Fsp3) is 0.238. The van der Waals surface area contributed by atoms with E-state index in [4.69, 9.17) is 14.2 Å². The molecule has 2 aromatic carbocycles. The molecule has 0 amide bonds. The zero-order valence-electron chi connectivity index (χ0n) is 15.8. The van der Waals surface area contributed by atoms with Gasteiger partial charge in [-0.2, -0.15) is 0 Å². The molecule has 28 heavy (non-hydrogen) atoms. The van der Waals surface area contributed by atoms with Gasteiger partial charge in [-0.25, -0.2) is 0 Å². The van der Waals surface area contributed by atoms with Crippen LogP contribution in [0.5, 0.6) is 17.2 Å². The number of rotatable bonds is 11. The van der Waals surface area contributed by atoms with Gasteiger partial charge in [-0.15, -0.1) is 16.8 Å². The first-order valence-corrected chi connectivity index (χ1v) is 9.89. The summed E-state index contributed by atoms with van der Waals surface area (Å²) in [5.74, 6) is 3.94. The number of hydrogen-bond donors (Lipinski definition) is 0. The number of methoxy groups -OCH3 is 1. The van der Waals surface area contributed by atoms with Gasteiger partial charge >= 0.3 is 0 Å².